The molecule has 0 aliphatic carbocycles. The molecule has 2 rings (SSSR count). The van der Waals surface area contributed by atoms with Gasteiger partial charge in [-0.2, -0.15) is 0 Å². The molecule has 0 fully saturated rings. The van der Waals surface area contributed by atoms with E-state index in [-0.39, 0.29) is 0 Å². The third-order valence-corrected chi connectivity index (χ3v) is 2.66. The van der Waals surface area contributed by atoms with Gasteiger partial charge in [-0.3, -0.25) is 0 Å². The van der Waals surface area contributed by atoms with E-state index in [4.69, 9.17) is 0 Å². The molecule has 0 atom stereocenters. The van der Waals surface area contributed by atoms with E-state index in [2.05, 4.69) is 10.6 Å². The van der Waals surface area contributed by atoms with Crippen LogP contribution in [0, 0.1) is 11.6 Å². The van der Waals surface area contributed by atoms with Crippen LogP contribution in [0.4, 0.5) is 20.2 Å². The second kappa shape index (κ2) is 5.49. The van der Waals surface area contributed by atoms with E-state index in [1.165, 1.54) is 12.1 Å². The van der Waals surface area contributed by atoms with Crippen molar-refractivity contribution in [2.24, 2.45) is 0 Å². The lowest BCUT2D eigenvalue weighted by molar-refractivity contribution is 0.585. The van der Waals surface area contributed by atoms with Crippen molar-refractivity contribution >= 4 is 11.4 Å². The van der Waals surface area contributed by atoms with Gasteiger partial charge in [0.2, 0.25) is 0 Å². The van der Waals surface area contributed by atoms with Crippen LogP contribution in [0.15, 0.2) is 42.5 Å². The summed E-state index contributed by atoms with van der Waals surface area (Å²) in [6.07, 6.45) is 0. The Morgan fingerprint density at radius 1 is 1.00 bits per heavy atom. The molecule has 0 radical (unpaired) electrons. The zero-order valence-corrected chi connectivity index (χ0v) is 10.0. The van der Waals surface area contributed by atoms with E-state index in [1.54, 1.807) is 0 Å². The van der Waals surface area contributed by atoms with Crippen LogP contribution in [0.2, 0.25) is 0 Å². The Morgan fingerprint density at radius 3 is 2.33 bits per heavy atom. The smallest absolute Gasteiger partial charge is 0.149 e. The minimum atomic E-state index is -0.582. The average molecular weight is 248 g/mol. The maximum absolute atomic E-state index is 13.4. The lowest BCUT2D eigenvalue weighted by Crippen LogP contribution is -2.01. The summed E-state index contributed by atoms with van der Waals surface area (Å²) < 4.78 is 26.1. The van der Waals surface area contributed by atoms with Crippen LogP contribution < -0.4 is 10.6 Å². The normalized spacial score (nSPS) is 10.2. The number of hydrogen-bond donors (Lipinski definition) is 2. The molecular formula is C14H14F2N2. The van der Waals surface area contributed by atoms with E-state index in [0.717, 1.165) is 17.3 Å². The van der Waals surface area contributed by atoms with Crippen molar-refractivity contribution in [3.8, 4) is 0 Å². The third-order valence-electron chi connectivity index (χ3n) is 2.66. The molecule has 0 bridgehead atoms. The monoisotopic (exact) mass is 248 g/mol. The standard InChI is InChI=1S/C14H14F2N2/c1-17-12-5-2-10(3-6-12)9-18-14-7-4-11(15)8-13(14)16/h2-8,17-18H,9H2,1H3. The van der Waals surface area contributed by atoms with E-state index < -0.39 is 11.6 Å². The Morgan fingerprint density at radius 2 is 1.72 bits per heavy atom. The van der Waals surface area contributed by atoms with Gasteiger partial charge in [0, 0.05) is 25.3 Å². The van der Waals surface area contributed by atoms with E-state index >= 15 is 0 Å². The molecule has 0 saturated heterocycles. The van der Waals surface area contributed by atoms with Gasteiger partial charge in [-0.15, -0.1) is 0 Å². The van der Waals surface area contributed by atoms with Gasteiger partial charge in [0.1, 0.15) is 11.6 Å². The SMILES string of the molecule is CNc1ccc(CNc2ccc(F)cc2F)cc1. The molecule has 0 spiro atoms. The number of halogens is 2. The summed E-state index contributed by atoms with van der Waals surface area (Å²) in [5.41, 5.74) is 2.35. The Labute approximate surface area is 105 Å². The molecule has 2 aromatic carbocycles. The largest absolute Gasteiger partial charge is 0.388 e. The first-order valence-corrected chi connectivity index (χ1v) is 5.64. The van der Waals surface area contributed by atoms with Crippen molar-refractivity contribution in [2.75, 3.05) is 17.7 Å². The molecule has 0 aromatic heterocycles. The lowest BCUT2D eigenvalue weighted by Gasteiger charge is -2.08. The molecule has 4 heteroatoms. The van der Waals surface area contributed by atoms with Gasteiger partial charge < -0.3 is 10.6 Å². The predicted octanol–water partition coefficient (Wildman–Crippen LogP) is 3.62. The molecule has 0 aliphatic heterocycles. The van der Waals surface area contributed by atoms with Crippen molar-refractivity contribution in [3.05, 3.63) is 59.7 Å². The highest BCUT2D eigenvalue weighted by atomic mass is 19.1. The van der Waals surface area contributed by atoms with Gasteiger partial charge in [0.25, 0.3) is 0 Å². The molecule has 0 saturated carbocycles. The van der Waals surface area contributed by atoms with Crippen LogP contribution in [0.5, 0.6) is 0 Å². The second-order valence-corrected chi connectivity index (χ2v) is 3.92. The quantitative estimate of drug-likeness (QED) is 0.863. The summed E-state index contributed by atoms with van der Waals surface area (Å²) in [5, 5.41) is 5.95. The molecule has 18 heavy (non-hydrogen) atoms. The van der Waals surface area contributed by atoms with Crippen LogP contribution in [-0.4, -0.2) is 7.05 Å². The van der Waals surface area contributed by atoms with Crippen LogP contribution in [-0.2, 0) is 6.54 Å². The van der Waals surface area contributed by atoms with E-state index in [0.29, 0.717) is 12.2 Å². The number of hydrogen-bond acceptors (Lipinski definition) is 2. The zero-order valence-electron chi connectivity index (χ0n) is 10.0. The summed E-state index contributed by atoms with van der Waals surface area (Å²) >= 11 is 0. The van der Waals surface area contributed by atoms with E-state index in [9.17, 15) is 8.78 Å². The summed E-state index contributed by atoms with van der Waals surface area (Å²) in [5.74, 6) is -1.15. The molecule has 0 aliphatic rings. The van der Waals surface area contributed by atoms with Crippen molar-refractivity contribution < 1.29 is 8.78 Å². The summed E-state index contributed by atoms with van der Waals surface area (Å²) in [6, 6.07) is 11.3. The van der Waals surface area contributed by atoms with Gasteiger partial charge in [-0.25, -0.2) is 8.78 Å². The first kappa shape index (κ1) is 12.4. The summed E-state index contributed by atoms with van der Waals surface area (Å²) in [6.45, 7) is 0.493. The average Bonchev–Trinajstić information content (AvgIpc) is 2.38. The Kier molecular flexibility index (Phi) is 3.77. The second-order valence-electron chi connectivity index (χ2n) is 3.92. The first-order chi connectivity index (χ1) is 8.69. The first-order valence-electron chi connectivity index (χ1n) is 5.64. The van der Waals surface area contributed by atoms with Crippen molar-refractivity contribution in [2.45, 2.75) is 6.54 Å². The highest BCUT2D eigenvalue weighted by Crippen LogP contribution is 2.16. The van der Waals surface area contributed by atoms with Gasteiger partial charge in [-0.1, -0.05) is 12.1 Å². The highest BCUT2D eigenvalue weighted by Gasteiger charge is 2.03. The Hall–Kier alpha value is -2.10. The third kappa shape index (κ3) is 2.97. The van der Waals surface area contributed by atoms with Gasteiger partial charge in [-0.05, 0) is 29.8 Å². The molecule has 2 N–H and O–H groups in total. The van der Waals surface area contributed by atoms with E-state index in [1.807, 2.05) is 31.3 Å². The van der Waals surface area contributed by atoms with Crippen LogP contribution in [0.1, 0.15) is 5.56 Å². The highest BCUT2D eigenvalue weighted by molar-refractivity contribution is 5.47. The molecule has 2 nitrogen and oxygen atoms in total. The van der Waals surface area contributed by atoms with Gasteiger partial charge in [0.15, 0.2) is 0 Å². The van der Waals surface area contributed by atoms with Gasteiger partial charge >= 0.3 is 0 Å². The predicted molar refractivity (Wildman–Crippen MR) is 69.7 cm³/mol. The lowest BCUT2D eigenvalue weighted by atomic mass is 10.2. The zero-order chi connectivity index (χ0) is 13.0. The number of benzene rings is 2. The summed E-state index contributed by atoms with van der Waals surface area (Å²) in [4.78, 5) is 0. The maximum Gasteiger partial charge on any atom is 0.149 e. The van der Waals surface area contributed by atoms with Gasteiger partial charge in [0.05, 0.1) is 5.69 Å². The fraction of sp³-hybridized carbons (Fsp3) is 0.143. The van der Waals surface area contributed by atoms with Crippen LogP contribution in [0.3, 0.4) is 0 Å². The topological polar surface area (TPSA) is 24.1 Å². The van der Waals surface area contributed by atoms with Crippen molar-refractivity contribution in [1.82, 2.24) is 0 Å². The molecule has 94 valence electrons. The fourth-order valence-corrected chi connectivity index (χ4v) is 1.62. The minimum absolute atomic E-state index is 0.300. The van der Waals surface area contributed by atoms with Crippen molar-refractivity contribution in [3.63, 3.8) is 0 Å². The van der Waals surface area contributed by atoms with Crippen molar-refractivity contribution in [1.29, 1.82) is 0 Å². The molecular weight excluding hydrogens is 234 g/mol. The minimum Gasteiger partial charge on any atom is -0.388 e. The molecule has 2 aromatic rings. The number of nitrogens with one attached hydrogen (secondary N) is 2. The Balaban J connectivity index is 2.02. The number of anilines is 2. The fourth-order valence-electron chi connectivity index (χ4n) is 1.62. The maximum atomic E-state index is 13.4. The summed E-state index contributed by atoms with van der Waals surface area (Å²) in [7, 11) is 1.85. The van der Waals surface area contributed by atoms with Crippen LogP contribution in [0.25, 0.3) is 0 Å². The van der Waals surface area contributed by atoms with Crippen LogP contribution >= 0.6 is 0 Å². The molecule has 0 unspecified atom stereocenters. The molecule has 0 amide bonds. The molecule has 0 heterocycles. The Bertz CT molecular complexity index is 524. The number of rotatable bonds is 4.